The summed E-state index contributed by atoms with van der Waals surface area (Å²) in [6, 6.07) is 11.9. The lowest BCUT2D eigenvalue weighted by Crippen LogP contribution is -2.46. The van der Waals surface area contributed by atoms with Crippen LogP contribution in [0.15, 0.2) is 42.6 Å². The van der Waals surface area contributed by atoms with E-state index in [0.29, 0.717) is 41.7 Å². The predicted molar refractivity (Wildman–Crippen MR) is 144 cm³/mol. The number of methoxy groups -OCH3 is 1. The minimum atomic E-state index is 0.222. The third kappa shape index (κ3) is 6.85. The van der Waals surface area contributed by atoms with Crippen molar-refractivity contribution < 1.29 is 4.74 Å². The molecular formula is C30H52N2O. The van der Waals surface area contributed by atoms with Gasteiger partial charge in [0.15, 0.2) is 0 Å². The Morgan fingerprint density at radius 1 is 1.06 bits per heavy atom. The van der Waals surface area contributed by atoms with Crippen molar-refractivity contribution in [3.05, 3.63) is 48.2 Å². The van der Waals surface area contributed by atoms with E-state index in [-0.39, 0.29) is 6.10 Å². The number of benzene rings is 1. The smallest absolute Gasteiger partial charge is 0.0802 e. The topological polar surface area (TPSA) is 15.7 Å². The van der Waals surface area contributed by atoms with Gasteiger partial charge < -0.3 is 14.5 Å². The van der Waals surface area contributed by atoms with Gasteiger partial charge in [-0.25, -0.2) is 0 Å². The van der Waals surface area contributed by atoms with Crippen molar-refractivity contribution in [2.45, 2.75) is 91.3 Å². The van der Waals surface area contributed by atoms with E-state index in [1.807, 2.05) is 7.11 Å². The van der Waals surface area contributed by atoms with Crippen LogP contribution in [0.1, 0.15) is 78.7 Å². The molecule has 33 heavy (non-hydrogen) atoms. The van der Waals surface area contributed by atoms with E-state index in [9.17, 15) is 0 Å². The summed E-state index contributed by atoms with van der Waals surface area (Å²) >= 11 is 0. The minimum absolute atomic E-state index is 0.222. The summed E-state index contributed by atoms with van der Waals surface area (Å²) in [6.45, 7) is 20.0. The number of rotatable bonds is 13. The first-order chi connectivity index (χ1) is 15.6. The highest BCUT2D eigenvalue weighted by atomic mass is 16.5. The third-order valence-corrected chi connectivity index (χ3v) is 8.78. The summed E-state index contributed by atoms with van der Waals surface area (Å²) in [5.74, 6) is 2.78. The molecule has 0 radical (unpaired) electrons. The van der Waals surface area contributed by atoms with Gasteiger partial charge in [0.25, 0.3) is 0 Å². The van der Waals surface area contributed by atoms with Crippen LogP contribution in [0.3, 0.4) is 0 Å². The lowest BCUT2D eigenvalue weighted by Gasteiger charge is -2.41. The summed E-state index contributed by atoms with van der Waals surface area (Å²) in [4.78, 5) is 5.02. The van der Waals surface area contributed by atoms with E-state index in [2.05, 4.69) is 102 Å². The van der Waals surface area contributed by atoms with Crippen molar-refractivity contribution in [2.24, 2.45) is 23.7 Å². The number of ether oxygens (including phenoxy) is 1. The monoisotopic (exact) mass is 456 g/mol. The van der Waals surface area contributed by atoms with E-state index in [1.165, 1.54) is 30.5 Å². The van der Waals surface area contributed by atoms with Crippen molar-refractivity contribution in [2.75, 3.05) is 27.7 Å². The SMILES string of the molecule is C=C(CC(C)C(C(C)CC)N(C)C)N1CCCC1C(OC)C(C)C(C)C(C)c1ccccc1. The van der Waals surface area contributed by atoms with Crippen LogP contribution in [-0.2, 0) is 4.74 Å². The second kappa shape index (κ2) is 13.0. The molecule has 1 aromatic carbocycles. The molecule has 0 aliphatic carbocycles. The number of hydrogen-bond donors (Lipinski definition) is 0. The summed E-state index contributed by atoms with van der Waals surface area (Å²) in [6.07, 6.45) is 4.93. The van der Waals surface area contributed by atoms with Crippen LogP contribution < -0.4 is 0 Å². The first-order valence-electron chi connectivity index (χ1n) is 13.3. The molecule has 3 nitrogen and oxygen atoms in total. The van der Waals surface area contributed by atoms with Crippen molar-refractivity contribution in [1.82, 2.24) is 9.80 Å². The van der Waals surface area contributed by atoms with Crippen LogP contribution in [-0.4, -0.2) is 55.7 Å². The Hall–Kier alpha value is -1.32. The van der Waals surface area contributed by atoms with Gasteiger partial charge in [0.05, 0.1) is 12.1 Å². The van der Waals surface area contributed by atoms with Crippen molar-refractivity contribution in [3.63, 3.8) is 0 Å². The lowest BCUT2D eigenvalue weighted by molar-refractivity contribution is -0.0157. The summed E-state index contributed by atoms with van der Waals surface area (Å²) in [5, 5.41) is 0. The van der Waals surface area contributed by atoms with Gasteiger partial charge in [-0.2, -0.15) is 0 Å². The molecule has 1 heterocycles. The van der Waals surface area contributed by atoms with Gasteiger partial charge >= 0.3 is 0 Å². The molecule has 1 saturated heterocycles. The Kier molecular flexibility index (Phi) is 11.0. The van der Waals surface area contributed by atoms with Crippen molar-refractivity contribution in [3.8, 4) is 0 Å². The van der Waals surface area contributed by atoms with Gasteiger partial charge in [0, 0.05) is 25.4 Å². The molecule has 0 bridgehead atoms. The Morgan fingerprint density at radius 2 is 1.70 bits per heavy atom. The maximum atomic E-state index is 6.24. The molecule has 1 aliphatic heterocycles. The molecule has 1 fully saturated rings. The van der Waals surface area contributed by atoms with Crippen LogP contribution in [0.4, 0.5) is 0 Å². The van der Waals surface area contributed by atoms with Crippen LogP contribution in [0.2, 0.25) is 0 Å². The Morgan fingerprint density at radius 3 is 2.24 bits per heavy atom. The van der Waals surface area contributed by atoms with Gasteiger partial charge in [-0.3, -0.25) is 0 Å². The third-order valence-electron chi connectivity index (χ3n) is 8.78. The van der Waals surface area contributed by atoms with E-state index in [0.717, 1.165) is 13.0 Å². The molecule has 0 amide bonds. The normalized spacial score (nSPS) is 23.1. The first-order valence-corrected chi connectivity index (χ1v) is 13.3. The predicted octanol–water partition coefficient (Wildman–Crippen LogP) is 7.06. The molecule has 1 aliphatic rings. The van der Waals surface area contributed by atoms with Crippen LogP contribution in [0.5, 0.6) is 0 Å². The zero-order valence-corrected chi connectivity index (χ0v) is 23.1. The molecule has 8 unspecified atom stereocenters. The largest absolute Gasteiger partial charge is 0.379 e. The average Bonchev–Trinajstić information content (AvgIpc) is 3.28. The van der Waals surface area contributed by atoms with Crippen molar-refractivity contribution >= 4 is 0 Å². The summed E-state index contributed by atoms with van der Waals surface area (Å²) in [7, 11) is 6.37. The van der Waals surface area contributed by atoms with Crippen LogP contribution in [0, 0.1) is 23.7 Å². The number of allylic oxidation sites excluding steroid dienone is 1. The zero-order chi connectivity index (χ0) is 24.7. The molecule has 0 N–H and O–H groups in total. The van der Waals surface area contributed by atoms with Gasteiger partial charge in [0.2, 0.25) is 0 Å². The maximum Gasteiger partial charge on any atom is 0.0802 e. The quantitative estimate of drug-likeness (QED) is 0.316. The standard InChI is InChI=1S/C30H52N2O/c1-11-21(2)29(31(8)9)22(3)20-23(4)32-19-15-18-28(32)30(33-10)26(7)24(5)25(6)27-16-13-12-14-17-27/h12-14,16-17,21-22,24-26,28-30H,4,11,15,18-20H2,1-3,5-10H3. The average molecular weight is 457 g/mol. The number of hydrogen-bond acceptors (Lipinski definition) is 3. The molecule has 188 valence electrons. The highest BCUT2D eigenvalue weighted by Gasteiger charge is 2.39. The van der Waals surface area contributed by atoms with Gasteiger partial charge in [-0.1, -0.05) is 84.9 Å². The molecule has 0 saturated carbocycles. The van der Waals surface area contributed by atoms with E-state index < -0.39 is 0 Å². The molecule has 3 heteroatoms. The van der Waals surface area contributed by atoms with E-state index in [1.54, 1.807) is 0 Å². The fourth-order valence-electron chi connectivity index (χ4n) is 6.49. The minimum Gasteiger partial charge on any atom is -0.379 e. The molecular weight excluding hydrogens is 404 g/mol. The highest BCUT2D eigenvalue weighted by Crippen LogP contribution is 2.38. The van der Waals surface area contributed by atoms with Gasteiger partial charge in [-0.15, -0.1) is 0 Å². The fourth-order valence-corrected chi connectivity index (χ4v) is 6.49. The Labute approximate surface area is 205 Å². The highest BCUT2D eigenvalue weighted by molar-refractivity contribution is 5.20. The molecule has 8 atom stereocenters. The van der Waals surface area contributed by atoms with Gasteiger partial charge in [0.1, 0.15) is 0 Å². The van der Waals surface area contributed by atoms with Crippen molar-refractivity contribution in [1.29, 1.82) is 0 Å². The first kappa shape index (κ1) is 27.9. The fraction of sp³-hybridized carbons (Fsp3) is 0.733. The molecule has 0 aromatic heterocycles. The summed E-state index contributed by atoms with van der Waals surface area (Å²) in [5.41, 5.74) is 2.73. The maximum absolute atomic E-state index is 6.24. The Balaban J connectivity index is 2.11. The lowest BCUT2D eigenvalue weighted by atomic mass is 9.76. The summed E-state index contributed by atoms with van der Waals surface area (Å²) < 4.78 is 6.24. The van der Waals surface area contributed by atoms with E-state index in [4.69, 9.17) is 4.74 Å². The van der Waals surface area contributed by atoms with Crippen LogP contribution >= 0.6 is 0 Å². The number of likely N-dealkylation sites (tertiary alicyclic amines) is 1. The second-order valence-electron chi connectivity index (χ2n) is 11.1. The zero-order valence-electron chi connectivity index (χ0n) is 23.1. The van der Waals surface area contributed by atoms with E-state index >= 15 is 0 Å². The van der Waals surface area contributed by atoms with Crippen LogP contribution in [0.25, 0.3) is 0 Å². The second-order valence-corrected chi connectivity index (χ2v) is 11.1. The van der Waals surface area contributed by atoms with Gasteiger partial charge in [-0.05, 0) is 68.5 Å². The molecule has 0 spiro atoms. The number of nitrogens with zero attached hydrogens (tertiary/aromatic N) is 2. The molecule has 1 aromatic rings. The molecule has 2 rings (SSSR count). The Bertz CT molecular complexity index is 703.